The van der Waals surface area contributed by atoms with Crippen LogP contribution >= 0.6 is 0 Å². The quantitative estimate of drug-likeness (QED) is 0.924. The van der Waals surface area contributed by atoms with Gasteiger partial charge in [-0.05, 0) is 31.0 Å². The summed E-state index contributed by atoms with van der Waals surface area (Å²) in [4.78, 5) is 28.2. The Morgan fingerprint density at radius 3 is 2.44 bits per heavy atom. The van der Waals surface area contributed by atoms with Crippen molar-refractivity contribution < 1.29 is 9.59 Å². The zero-order valence-electron chi connectivity index (χ0n) is 14.4. The van der Waals surface area contributed by atoms with E-state index in [-0.39, 0.29) is 30.9 Å². The van der Waals surface area contributed by atoms with Gasteiger partial charge in [0.1, 0.15) is 6.54 Å². The van der Waals surface area contributed by atoms with E-state index in [0.29, 0.717) is 13.0 Å². The summed E-state index contributed by atoms with van der Waals surface area (Å²) in [5, 5.41) is 0. The van der Waals surface area contributed by atoms with Crippen molar-refractivity contribution in [3.05, 3.63) is 65.7 Å². The number of amides is 2. The summed E-state index contributed by atoms with van der Waals surface area (Å²) in [6.07, 6.45) is 0.697. The van der Waals surface area contributed by atoms with Crippen LogP contribution in [0.5, 0.6) is 0 Å². The monoisotopic (exact) mass is 337 g/mol. The van der Waals surface area contributed by atoms with Crippen molar-refractivity contribution >= 4 is 17.5 Å². The first-order valence-corrected chi connectivity index (χ1v) is 8.49. The molecule has 2 N–H and O–H groups in total. The lowest BCUT2D eigenvalue weighted by molar-refractivity contribution is -0.138. The third-order valence-electron chi connectivity index (χ3n) is 4.60. The smallest absolute Gasteiger partial charge is 0.246 e. The maximum Gasteiger partial charge on any atom is 0.246 e. The number of nitrogens with zero attached hydrogens (tertiary/aromatic N) is 2. The van der Waals surface area contributed by atoms with Gasteiger partial charge in [0.25, 0.3) is 0 Å². The van der Waals surface area contributed by atoms with Crippen molar-refractivity contribution in [3.63, 3.8) is 0 Å². The molecule has 3 rings (SSSR count). The van der Waals surface area contributed by atoms with Crippen LogP contribution in [0.1, 0.15) is 11.1 Å². The Kier molecular flexibility index (Phi) is 5.14. The maximum atomic E-state index is 12.6. The summed E-state index contributed by atoms with van der Waals surface area (Å²) >= 11 is 0. The molecule has 2 aromatic rings. The van der Waals surface area contributed by atoms with Crippen molar-refractivity contribution in [2.24, 2.45) is 5.73 Å². The number of aryl methyl sites for hydroxylation is 1. The normalized spacial score (nSPS) is 17.7. The average molecular weight is 337 g/mol. The van der Waals surface area contributed by atoms with Crippen molar-refractivity contribution in [3.8, 4) is 0 Å². The summed E-state index contributed by atoms with van der Waals surface area (Å²) in [6, 6.07) is 17.8. The molecule has 1 saturated heterocycles. The van der Waals surface area contributed by atoms with E-state index in [1.807, 2.05) is 61.5 Å². The van der Waals surface area contributed by atoms with Crippen LogP contribution in [-0.4, -0.2) is 42.4 Å². The molecule has 1 atom stereocenters. The zero-order valence-corrected chi connectivity index (χ0v) is 14.4. The minimum atomic E-state index is -0.183. The van der Waals surface area contributed by atoms with Crippen LogP contribution in [0.2, 0.25) is 0 Å². The van der Waals surface area contributed by atoms with Gasteiger partial charge >= 0.3 is 0 Å². The Balaban J connectivity index is 1.86. The molecular formula is C20H23N3O2. The number of carbonyl (C=O) groups excluding carboxylic acids is 2. The fourth-order valence-corrected chi connectivity index (χ4v) is 3.22. The molecule has 1 aliphatic rings. The van der Waals surface area contributed by atoms with Gasteiger partial charge in [-0.3, -0.25) is 9.59 Å². The van der Waals surface area contributed by atoms with E-state index in [4.69, 9.17) is 5.73 Å². The highest BCUT2D eigenvalue weighted by Gasteiger charge is 2.35. The minimum absolute atomic E-state index is 0.0708. The first-order chi connectivity index (χ1) is 12.1. The molecule has 2 amide bonds. The second kappa shape index (κ2) is 7.49. The van der Waals surface area contributed by atoms with Crippen LogP contribution in [0.4, 0.5) is 5.69 Å². The summed E-state index contributed by atoms with van der Waals surface area (Å²) in [7, 11) is 0. The number of carbonyl (C=O) groups is 2. The third-order valence-corrected chi connectivity index (χ3v) is 4.60. The first-order valence-electron chi connectivity index (χ1n) is 8.49. The SMILES string of the molecule is Cc1ccc(N2CC(Cc3ccccc3)N(C(=O)CN)CC2=O)cc1. The number of anilines is 1. The fourth-order valence-electron chi connectivity index (χ4n) is 3.22. The number of hydrogen-bond acceptors (Lipinski definition) is 3. The van der Waals surface area contributed by atoms with Crippen LogP contribution in [0.15, 0.2) is 54.6 Å². The van der Waals surface area contributed by atoms with Crippen LogP contribution < -0.4 is 10.6 Å². The zero-order chi connectivity index (χ0) is 17.8. The molecule has 1 fully saturated rings. The van der Waals surface area contributed by atoms with Crippen LogP contribution in [0.3, 0.4) is 0 Å². The van der Waals surface area contributed by atoms with E-state index in [1.54, 1.807) is 9.80 Å². The van der Waals surface area contributed by atoms with Crippen LogP contribution in [0.25, 0.3) is 0 Å². The van der Waals surface area contributed by atoms with Crippen LogP contribution in [-0.2, 0) is 16.0 Å². The number of nitrogens with two attached hydrogens (primary N) is 1. The van der Waals surface area contributed by atoms with Crippen LogP contribution in [0, 0.1) is 6.92 Å². The van der Waals surface area contributed by atoms with E-state index < -0.39 is 0 Å². The summed E-state index contributed by atoms with van der Waals surface area (Å²) < 4.78 is 0. The largest absolute Gasteiger partial charge is 0.327 e. The van der Waals surface area contributed by atoms with Gasteiger partial charge in [0.15, 0.2) is 0 Å². The Morgan fingerprint density at radius 1 is 1.12 bits per heavy atom. The van der Waals surface area contributed by atoms with Crippen molar-refractivity contribution in [2.45, 2.75) is 19.4 Å². The van der Waals surface area contributed by atoms with Crippen molar-refractivity contribution in [1.82, 2.24) is 4.90 Å². The molecule has 2 aromatic carbocycles. The Bertz CT molecular complexity index is 743. The topological polar surface area (TPSA) is 66.6 Å². The lowest BCUT2D eigenvalue weighted by atomic mass is 10.0. The van der Waals surface area contributed by atoms with Gasteiger partial charge in [0, 0.05) is 12.2 Å². The Hall–Kier alpha value is -2.66. The maximum absolute atomic E-state index is 12.6. The molecule has 130 valence electrons. The molecule has 25 heavy (non-hydrogen) atoms. The van der Waals surface area contributed by atoms with Gasteiger partial charge in [-0.15, -0.1) is 0 Å². The molecule has 0 aliphatic carbocycles. The predicted molar refractivity (Wildman–Crippen MR) is 98.2 cm³/mol. The third kappa shape index (κ3) is 3.88. The van der Waals surface area contributed by atoms with Gasteiger partial charge in [0.2, 0.25) is 11.8 Å². The fraction of sp³-hybridized carbons (Fsp3) is 0.300. The highest BCUT2D eigenvalue weighted by atomic mass is 16.2. The number of piperazine rings is 1. The van der Waals surface area contributed by atoms with Crippen molar-refractivity contribution in [1.29, 1.82) is 0 Å². The lowest BCUT2D eigenvalue weighted by Gasteiger charge is -2.41. The molecule has 0 aromatic heterocycles. The van der Waals surface area contributed by atoms with E-state index in [2.05, 4.69) is 0 Å². The molecular weight excluding hydrogens is 314 g/mol. The highest BCUT2D eigenvalue weighted by molar-refractivity contribution is 5.98. The molecule has 1 heterocycles. The molecule has 5 nitrogen and oxygen atoms in total. The van der Waals surface area contributed by atoms with E-state index in [9.17, 15) is 9.59 Å². The lowest BCUT2D eigenvalue weighted by Crippen LogP contribution is -2.60. The predicted octanol–water partition coefficient (Wildman–Crippen LogP) is 1.74. The number of rotatable bonds is 4. The second-order valence-electron chi connectivity index (χ2n) is 6.41. The Labute approximate surface area is 148 Å². The number of hydrogen-bond donors (Lipinski definition) is 1. The Morgan fingerprint density at radius 2 is 1.80 bits per heavy atom. The van der Waals surface area contributed by atoms with E-state index >= 15 is 0 Å². The summed E-state index contributed by atoms with van der Waals surface area (Å²) in [5.41, 5.74) is 8.71. The van der Waals surface area contributed by atoms with E-state index in [1.165, 1.54) is 0 Å². The number of benzene rings is 2. The highest BCUT2D eigenvalue weighted by Crippen LogP contribution is 2.22. The molecule has 0 saturated carbocycles. The van der Waals surface area contributed by atoms with Gasteiger partial charge in [-0.2, -0.15) is 0 Å². The first kappa shape index (κ1) is 17.2. The molecule has 1 unspecified atom stereocenters. The van der Waals surface area contributed by atoms with E-state index in [0.717, 1.165) is 16.8 Å². The molecule has 5 heteroatoms. The molecule has 0 bridgehead atoms. The molecule has 0 radical (unpaired) electrons. The van der Waals surface area contributed by atoms with Gasteiger partial charge < -0.3 is 15.5 Å². The second-order valence-corrected chi connectivity index (χ2v) is 6.41. The molecule has 0 spiro atoms. The van der Waals surface area contributed by atoms with Crippen molar-refractivity contribution in [2.75, 3.05) is 24.5 Å². The van der Waals surface area contributed by atoms with Gasteiger partial charge in [-0.25, -0.2) is 0 Å². The van der Waals surface area contributed by atoms with Gasteiger partial charge in [0.05, 0.1) is 12.6 Å². The standard InChI is InChI=1S/C20H23N3O2/c1-15-7-9-17(10-8-15)22-13-18(11-16-5-3-2-4-6-16)23(14-20(22)25)19(24)12-21/h2-10,18H,11-14,21H2,1H3. The average Bonchev–Trinajstić information content (AvgIpc) is 2.64. The van der Waals surface area contributed by atoms with Gasteiger partial charge in [-0.1, -0.05) is 48.0 Å². The summed E-state index contributed by atoms with van der Waals surface area (Å²) in [5.74, 6) is -0.257. The summed E-state index contributed by atoms with van der Waals surface area (Å²) in [6.45, 7) is 2.48. The molecule has 1 aliphatic heterocycles. The minimum Gasteiger partial charge on any atom is -0.327 e.